The molecule has 34 heavy (non-hydrogen) atoms. The highest BCUT2D eigenvalue weighted by Crippen LogP contribution is 2.65. The SMILES string of the molecule is C[Si](C)(C)C[C@@H]1CC[C@H]([Si](C)(C)[Si](C)(C)[C@H]2CCC3C2CC2CCCC2[C@@H]3c2ccccc2)C1. The van der Waals surface area contributed by atoms with Crippen molar-refractivity contribution in [2.45, 2.75) is 127 Å². The summed E-state index contributed by atoms with van der Waals surface area (Å²) in [6.07, 6.45) is 14.0. The van der Waals surface area contributed by atoms with Gasteiger partial charge in [0.2, 0.25) is 0 Å². The lowest BCUT2D eigenvalue weighted by Gasteiger charge is -2.52. The van der Waals surface area contributed by atoms with Crippen LogP contribution in [0, 0.1) is 29.6 Å². The van der Waals surface area contributed by atoms with Crippen molar-refractivity contribution in [1.29, 1.82) is 0 Å². The molecule has 190 valence electrons. The van der Waals surface area contributed by atoms with Crippen LogP contribution in [-0.2, 0) is 0 Å². The molecule has 5 rings (SSSR count). The van der Waals surface area contributed by atoms with Gasteiger partial charge >= 0.3 is 0 Å². The van der Waals surface area contributed by atoms with Gasteiger partial charge in [0.25, 0.3) is 0 Å². The lowest BCUT2D eigenvalue weighted by atomic mass is 9.62. The monoisotopic (exact) mass is 510 g/mol. The molecule has 0 bridgehead atoms. The number of fused-ring (bicyclic) bond motifs is 2. The molecule has 1 aromatic carbocycles. The van der Waals surface area contributed by atoms with Crippen molar-refractivity contribution in [2.24, 2.45) is 29.6 Å². The van der Waals surface area contributed by atoms with E-state index in [1.165, 1.54) is 19.3 Å². The van der Waals surface area contributed by atoms with Crippen LogP contribution in [0.5, 0.6) is 0 Å². The minimum Gasteiger partial charge on any atom is -0.0711 e. The smallest absolute Gasteiger partial charge is 0.0448 e. The predicted molar refractivity (Wildman–Crippen MR) is 159 cm³/mol. The Kier molecular flexibility index (Phi) is 6.99. The maximum absolute atomic E-state index is 2.91. The van der Waals surface area contributed by atoms with Crippen LogP contribution < -0.4 is 0 Å². The zero-order valence-corrected chi connectivity index (χ0v) is 26.6. The fraction of sp³-hybridized carbons (Fsp3) is 0.806. The molecule has 0 spiro atoms. The van der Waals surface area contributed by atoms with E-state index in [0.717, 1.165) is 46.6 Å². The summed E-state index contributed by atoms with van der Waals surface area (Å²) in [6, 6.07) is 13.4. The molecule has 0 radical (unpaired) electrons. The predicted octanol–water partition coefficient (Wildman–Crippen LogP) is 9.99. The van der Waals surface area contributed by atoms with Crippen LogP contribution in [0.25, 0.3) is 0 Å². The molecule has 4 aliphatic rings. The third kappa shape index (κ3) is 4.53. The van der Waals surface area contributed by atoms with Crippen LogP contribution >= 0.6 is 0 Å². The summed E-state index contributed by atoms with van der Waals surface area (Å²) in [6.45, 7) is 19.4. The fourth-order valence-electron chi connectivity index (χ4n) is 10.2. The van der Waals surface area contributed by atoms with Crippen molar-refractivity contribution in [3.63, 3.8) is 0 Å². The standard InChI is InChI=1S/C31H54Si3/c1-32(2,3)22-23-16-17-26(20-23)33(4,5)34(6,7)30-19-18-28-29(30)21-25-14-11-15-27(25)31(28)24-12-9-8-10-13-24/h8-10,12-13,23,25-31H,11,14-22H2,1-7H3/t23-,25?,26+,27?,28?,29?,30+,31+/m1/s1. The lowest BCUT2D eigenvalue weighted by Crippen LogP contribution is -2.61. The van der Waals surface area contributed by atoms with Crippen molar-refractivity contribution in [3.05, 3.63) is 35.9 Å². The van der Waals surface area contributed by atoms with Crippen molar-refractivity contribution in [2.75, 3.05) is 0 Å². The van der Waals surface area contributed by atoms with Gasteiger partial charge < -0.3 is 0 Å². The summed E-state index contributed by atoms with van der Waals surface area (Å²) in [7, 11) is -3.45. The molecule has 3 heteroatoms. The van der Waals surface area contributed by atoms with E-state index in [9.17, 15) is 0 Å². The second-order valence-electron chi connectivity index (χ2n) is 15.6. The second-order valence-corrected chi connectivity index (χ2v) is 37.3. The maximum atomic E-state index is 2.91. The summed E-state index contributed by atoms with van der Waals surface area (Å²) < 4.78 is 0. The van der Waals surface area contributed by atoms with Gasteiger partial charge in [-0.2, -0.15) is 0 Å². The Bertz CT molecular complexity index is 838. The van der Waals surface area contributed by atoms with E-state index in [4.69, 9.17) is 0 Å². The number of rotatable bonds is 6. The first-order valence-corrected chi connectivity index (χ1v) is 25.9. The van der Waals surface area contributed by atoms with Crippen LogP contribution in [0.4, 0.5) is 0 Å². The molecular formula is C31H54Si3. The minimum absolute atomic E-state index is 0.875. The van der Waals surface area contributed by atoms with Gasteiger partial charge in [-0.05, 0) is 71.4 Å². The Morgan fingerprint density at radius 1 is 0.676 bits per heavy atom. The van der Waals surface area contributed by atoms with Gasteiger partial charge in [0, 0.05) is 23.3 Å². The highest BCUT2D eigenvalue weighted by atomic mass is 29.3. The van der Waals surface area contributed by atoms with Crippen molar-refractivity contribution in [3.8, 4) is 0 Å². The van der Waals surface area contributed by atoms with Crippen LogP contribution in [0.1, 0.15) is 69.3 Å². The maximum Gasteiger partial charge on any atom is 0.0448 e. The van der Waals surface area contributed by atoms with Crippen molar-refractivity contribution in [1.82, 2.24) is 0 Å². The van der Waals surface area contributed by atoms with Crippen LogP contribution in [0.3, 0.4) is 0 Å². The van der Waals surface area contributed by atoms with Crippen LogP contribution in [0.2, 0.25) is 63.0 Å². The Labute approximate surface area is 214 Å². The average Bonchev–Trinajstić information content (AvgIpc) is 3.50. The largest absolute Gasteiger partial charge is 0.0711 e. The molecule has 4 fully saturated rings. The highest BCUT2D eigenvalue weighted by molar-refractivity contribution is 7.41. The molecule has 0 aliphatic heterocycles. The molecular weight excluding hydrogens is 457 g/mol. The van der Waals surface area contributed by atoms with Gasteiger partial charge in [0.15, 0.2) is 0 Å². The topological polar surface area (TPSA) is 0 Å². The Balaban J connectivity index is 1.37. The molecule has 0 heterocycles. The van der Waals surface area contributed by atoms with Crippen LogP contribution in [-0.4, -0.2) is 23.3 Å². The van der Waals surface area contributed by atoms with E-state index in [2.05, 4.69) is 76.2 Å². The van der Waals surface area contributed by atoms with E-state index in [-0.39, 0.29) is 0 Å². The molecule has 0 amide bonds. The quantitative estimate of drug-likeness (QED) is 0.334. The van der Waals surface area contributed by atoms with Crippen molar-refractivity contribution < 1.29 is 0 Å². The molecule has 0 N–H and O–H groups in total. The van der Waals surface area contributed by atoms with Crippen molar-refractivity contribution >= 4 is 23.3 Å². The van der Waals surface area contributed by atoms with Crippen LogP contribution in [0.15, 0.2) is 30.3 Å². The van der Waals surface area contributed by atoms with E-state index in [1.807, 2.05) is 0 Å². The number of hydrogen-bond acceptors (Lipinski definition) is 0. The van der Waals surface area contributed by atoms with Gasteiger partial charge in [-0.15, -0.1) is 0 Å². The summed E-state index contributed by atoms with van der Waals surface area (Å²) in [5.41, 5.74) is 3.95. The third-order valence-corrected chi connectivity index (χ3v) is 34.9. The second kappa shape index (κ2) is 9.31. The van der Waals surface area contributed by atoms with E-state index in [0.29, 0.717) is 0 Å². The summed E-state index contributed by atoms with van der Waals surface area (Å²) in [5.74, 6) is 6.02. The molecule has 0 nitrogen and oxygen atoms in total. The van der Waals surface area contributed by atoms with Gasteiger partial charge in [-0.1, -0.05) is 121 Å². The Morgan fingerprint density at radius 3 is 2.12 bits per heavy atom. The molecule has 1 aromatic rings. The van der Waals surface area contributed by atoms with Gasteiger partial charge in [-0.3, -0.25) is 0 Å². The van der Waals surface area contributed by atoms with E-state index < -0.39 is 23.3 Å². The molecule has 0 aromatic heterocycles. The first kappa shape index (κ1) is 25.5. The Hall–Kier alpha value is -0.129. The molecule has 8 atom stereocenters. The number of benzene rings is 1. The first-order valence-electron chi connectivity index (χ1n) is 15.0. The molecule has 4 unspecified atom stereocenters. The zero-order valence-electron chi connectivity index (χ0n) is 23.6. The number of hydrogen-bond donors (Lipinski definition) is 0. The van der Waals surface area contributed by atoms with E-state index in [1.54, 1.807) is 50.1 Å². The van der Waals surface area contributed by atoms with Gasteiger partial charge in [-0.25, -0.2) is 0 Å². The van der Waals surface area contributed by atoms with Gasteiger partial charge in [0.05, 0.1) is 0 Å². The van der Waals surface area contributed by atoms with E-state index >= 15 is 0 Å². The summed E-state index contributed by atoms with van der Waals surface area (Å²) in [4.78, 5) is 0. The lowest BCUT2D eigenvalue weighted by molar-refractivity contribution is 0.121. The molecule has 4 saturated carbocycles. The Morgan fingerprint density at radius 2 is 1.41 bits per heavy atom. The highest BCUT2D eigenvalue weighted by Gasteiger charge is 2.59. The zero-order chi connectivity index (χ0) is 24.3. The first-order chi connectivity index (χ1) is 16.0. The fourth-order valence-corrected chi connectivity index (χ4v) is 26.4. The summed E-state index contributed by atoms with van der Waals surface area (Å²) in [5, 5.41) is 0. The minimum atomic E-state index is -1.28. The normalized spacial score (nSPS) is 38.7. The molecule has 4 aliphatic carbocycles. The average molecular weight is 511 g/mol. The van der Waals surface area contributed by atoms with Gasteiger partial charge in [0.1, 0.15) is 0 Å². The summed E-state index contributed by atoms with van der Waals surface area (Å²) >= 11 is 0. The third-order valence-electron chi connectivity index (χ3n) is 12.3. The molecule has 0 saturated heterocycles.